The first-order valence-corrected chi connectivity index (χ1v) is 10.2. The van der Waals surface area contributed by atoms with Crippen LogP contribution in [0.15, 0.2) is 54.6 Å². The molecule has 0 aliphatic carbocycles. The van der Waals surface area contributed by atoms with E-state index in [4.69, 9.17) is 0 Å². The molecule has 0 fully saturated rings. The van der Waals surface area contributed by atoms with Crippen molar-refractivity contribution in [3.8, 4) is 11.1 Å². The minimum Gasteiger partial charge on any atom is -0.316 e. The summed E-state index contributed by atoms with van der Waals surface area (Å²) < 4.78 is 0. The Morgan fingerprint density at radius 1 is 0.600 bits per heavy atom. The van der Waals surface area contributed by atoms with Gasteiger partial charge in [-0.1, -0.05) is 106 Å². The van der Waals surface area contributed by atoms with Crippen molar-refractivity contribution < 1.29 is 0 Å². The third-order valence-corrected chi connectivity index (χ3v) is 4.86. The monoisotopic (exact) mass is 337 g/mol. The predicted molar refractivity (Wildman–Crippen MR) is 111 cm³/mol. The van der Waals surface area contributed by atoms with Gasteiger partial charge in [0.25, 0.3) is 0 Å². The van der Waals surface area contributed by atoms with Crippen LogP contribution in [0.2, 0.25) is 0 Å². The molecular formula is C24H35N. The van der Waals surface area contributed by atoms with Crippen molar-refractivity contribution in [3.05, 3.63) is 60.2 Å². The SMILES string of the molecule is CCCCCCCCCCNCCc1ccc(-c2ccccc2)cc1. The van der Waals surface area contributed by atoms with Gasteiger partial charge in [-0.25, -0.2) is 0 Å². The second-order valence-corrected chi connectivity index (χ2v) is 7.04. The molecule has 0 aliphatic rings. The number of rotatable bonds is 13. The smallest absolute Gasteiger partial charge is 0.000835 e. The summed E-state index contributed by atoms with van der Waals surface area (Å²) in [6.45, 7) is 4.53. The molecule has 0 amide bonds. The zero-order valence-electron chi connectivity index (χ0n) is 16.0. The molecule has 1 heteroatoms. The Morgan fingerprint density at radius 3 is 1.88 bits per heavy atom. The molecule has 0 aliphatic heterocycles. The van der Waals surface area contributed by atoms with Gasteiger partial charge < -0.3 is 5.32 Å². The zero-order valence-corrected chi connectivity index (χ0v) is 16.0. The largest absolute Gasteiger partial charge is 0.316 e. The molecule has 2 aromatic rings. The van der Waals surface area contributed by atoms with E-state index in [-0.39, 0.29) is 0 Å². The van der Waals surface area contributed by atoms with E-state index in [1.165, 1.54) is 68.1 Å². The molecule has 0 spiro atoms. The second kappa shape index (κ2) is 12.7. The highest BCUT2D eigenvalue weighted by Crippen LogP contribution is 2.19. The van der Waals surface area contributed by atoms with Crippen LogP contribution in [0.3, 0.4) is 0 Å². The van der Waals surface area contributed by atoms with Crippen molar-refractivity contribution in [2.24, 2.45) is 0 Å². The minimum atomic E-state index is 1.08. The first-order valence-electron chi connectivity index (χ1n) is 10.2. The Kier molecular flexibility index (Phi) is 10.0. The molecule has 136 valence electrons. The maximum absolute atomic E-state index is 3.59. The van der Waals surface area contributed by atoms with Gasteiger partial charge in [-0.05, 0) is 42.6 Å². The fourth-order valence-corrected chi connectivity index (χ4v) is 3.24. The van der Waals surface area contributed by atoms with E-state index in [0.717, 1.165) is 19.5 Å². The summed E-state index contributed by atoms with van der Waals surface area (Å²) in [7, 11) is 0. The first kappa shape index (κ1) is 19.7. The number of hydrogen-bond donors (Lipinski definition) is 1. The molecule has 0 radical (unpaired) electrons. The Morgan fingerprint density at radius 2 is 1.20 bits per heavy atom. The first-order chi connectivity index (χ1) is 12.4. The van der Waals surface area contributed by atoms with Crippen molar-refractivity contribution in [2.45, 2.75) is 64.7 Å². The molecule has 0 bridgehead atoms. The van der Waals surface area contributed by atoms with Crippen molar-refractivity contribution in [1.82, 2.24) is 5.32 Å². The Labute approximate surface area is 154 Å². The van der Waals surface area contributed by atoms with Crippen molar-refractivity contribution in [2.75, 3.05) is 13.1 Å². The van der Waals surface area contributed by atoms with Crippen molar-refractivity contribution in [1.29, 1.82) is 0 Å². The lowest BCUT2D eigenvalue weighted by atomic mass is 10.0. The average Bonchev–Trinajstić information content (AvgIpc) is 2.67. The van der Waals surface area contributed by atoms with Gasteiger partial charge in [-0.15, -0.1) is 0 Å². The lowest BCUT2D eigenvalue weighted by molar-refractivity contribution is 0.556. The molecule has 1 N–H and O–H groups in total. The van der Waals surface area contributed by atoms with E-state index < -0.39 is 0 Å². The van der Waals surface area contributed by atoms with Crippen molar-refractivity contribution >= 4 is 0 Å². The van der Waals surface area contributed by atoms with Gasteiger partial charge in [0.2, 0.25) is 0 Å². The predicted octanol–water partition coefficient (Wildman–Crippen LogP) is 6.63. The molecule has 0 unspecified atom stereocenters. The molecule has 0 heterocycles. The van der Waals surface area contributed by atoms with Crippen LogP contribution in [0, 0.1) is 0 Å². The van der Waals surface area contributed by atoms with Gasteiger partial charge in [0.1, 0.15) is 0 Å². The van der Waals surface area contributed by atoms with E-state index in [1.54, 1.807) is 0 Å². The third kappa shape index (κ3) is 8.36. The molecule has 1 nitrogen and oxygen atoms in total. The fourth-order valence-electron chi connectivity index (χ4n) is 3.24. The summed E-state index contributed by atoms with van der Waals surface area (Å²) in [6.07, 6.45) is 12.3. The van der Waals surface area contributed by atoms with Crippen LogP contribution in [-0.2, 0) is 6.42 Å². The third-order valence-electron chi connectivity index (χ3n) is 4.86. The van der Waals surface area contributed by atoms with Crippen LogP contribution >= 0.6 is 0 Å². The summed E-state index contributed by atoms with van der Waals surface area (Å²) in [6, 6.07) is 19.6. The Hall–Kier alpha value is -1.60. The highest BCUT2D eigenvalue weighted by atomic mass is 14.8. The van der Waals surface area contributed by atoms with Gasteiger partial charge in [0.05, 0.1) is 0 Å². The molecule has 2 aromatic carbocycles. The number of nitrogens with one attached hydrogen (secondary N) is 1. The second-order valence-electron chi connectivity index (χ2n) is 7.04. The molecule has 25 heavy (non-hydrogen) atoms. The number of unbranched alkanes of at least 4 members (excludes halogenated alkanes) is 7. The van der Waals surface area contributed by atoms with E-state index in [1.807, 2.05) is 0 Å². The van der Waals surface area contributed by atoms with E-state index in [0.29, 0.717) is 0 Å². The maximum Gasteiger partial charge on any atom is -0.000835 e. The summed E-state index contributed by atoms with van der Waals surface area (Å²) >= 11 is 0. The van der Waals surface area contributed by atoms with Crippen LogP contribution < -0.4 is 5.32 Å². The molecule has 0 saturated heterocycles. The quantitative estimate of drug-likeness (QED) is 0.405. The molecular weight excluding hydrogens is 302 g/mol. The van der Waals surface area contributed by atoms with Gasteiger partial charge >= 0.3 is 0 Å². The Bertz CT molecular complexity index is 544. The van der Waals surface area contributed by atoms with Crippen LogP contribution in [-0.4, -0.2) is 13.1 Å². The average molecular weight is 338 g/mol. The van der Waals surface area contributed by atoms with Crippen LogP contribution in [0.25, 0.3) is 11.1 Å². The summed E-state index contributed by atoms with van der Waals surface area (Å²) in [5, 5.41) is 3.59. The number of hydrogen-bond acceptors (Lipinski definition) is 1. The molecule has 0 atom stereocenters. The maximum atomic E-state index is 3.59. The van der Waals surface area contributed by atoms with Gasteiger partial charge in [-0.2, -0.15) is 0 Å². The normalized spacial score (nSPS) is 10.9. The van der Waals surface area contributed by atoms with Crippen molar-refractivity contribution in [3.63, 3.8) is 0 Å². The van der Waals surface area contributed by atoms with Crippen LogP contribution in [0.5, 0.6) is 0 Å². The minimum absolute atomic E-state index is 1.08. The fraction of sp³-hybridized carbons (Fsp3) is 0.500. The lowest BCUT2D eigenvalue weighted by Gasteiger charge is -2.07. The molecule has 2 rings (SSSR count). The van der Waals surface area contributed by atoms with Crippen LogP contribution in [0.4, 0.5) is 0 Å². The standard InChI is InChI=1S/C24H35N/c1-2-3-4-5-6-7-8-12-20-25-21-19-22-15-17-24(18-16-22)23-13-10-9-11-14-23/h9-11,13-18,25H,2-8,12,19-21H2,1H3. The summed E-state index contributed by atoms with van der Waals surface area (Å²) in [5.74, 6) is 0. The van der Waals surface area contributed by atoms with Gasteiger partial charge in [-0.3, -0.25) is 0 Å². The zero-order chi connectivity index (χ0) is 17.6. The molecule has 0 saturated carbocycles. The molecule has 0 aromatic heterocycles. The van der Waals surface area contributed by atoms with E-state index in [9.17, 15) is 0 Å². The topological polar surface area (TPSA) is 12.0 Å². The highest BCUT2D eigenvalue weighted by Gasteiger charge is 1.98. The lowest BCUT2D eigenvalue weighted by Crippen LogP contribution is -2.18. The van der Waals surface area contributed by atoms with Gasteiger partial charge in [0.15, 0.2) is 0 Å². The summed E-state index contributed by atoms with van der Waals surface area (Å²) in [4.78, 5) is 0. The van der Waals surface area contributed by atoms with Gasteiger partial charge in [0, 0.05) is 0 Å². The van der Waals surface area contributed by atoms with Crippen LogP contribution in [0.1, 0.15) is 63.9 Å². The Balaban J connectivity index is 1.51. The number of benzene rings is 2. The van der Waals surface area contributed by atoms with E-state index >= 15 is 0 Å². The van der Waals surface area contributed by atoms with E-state index in [2.05, 4.69) is 66.8 Å². The summed E-state index contributed by atoms with van der Waals surface area (Å²) in [5.41, 5.74) is 4.02. The highest BCUT2D eigenvalue weighted by molar-refractivity contribution is 5.63.